The van der Waals surface area contributed by atoms with Crippen LogP contribution in [-0.4, -0.2) is 53.9 Å². The Balaban J connectivity index is 1.88. The van der Waals surface area contributed by atoms with Crippen LogP contribution in [0, 0.1) is 0 Å². The van der Waals surface area contributed by atoms with Crippen LogP contribution in [0.4, 0.5) is 5.69 Å². The van der Waals surface area contributed by atoms with Crippen LogP contribution in [0.5, 0.6) is 0 Å². The second-order valence-corrected chi connectivity index (χ2v) is 6.02. The Bertz CT molecular complexity index is 661. The van der Waals surface area contributed by atoms with Crippen molar-refractivity contribution in [1.29, 1.82) is 0 Å². The van der Waals surface area contributed by atoms with Crippen molar-refractivity contribution in [3.63, 3.8) is 0 Å². The van der Waals surface area contributed by atoms with Gasteiger partial charge in [-0.15, -0.1) is 0 Å². The van der Waals surface area contributed by atoms with E-state index in [1.807, 2.05) is 23.1 Å². The van der Waals surface area contributed by atoms with E-state index in [9.17, 15) is 4.79 Å². The zero-order valence-electron chi connectivity index (χ0n) is 12.6. The van der Waals surface area contributed by atoms with E-state index in [1.165, 1.54) is 0 Å². The first-order chi connectivity index (χ1) is 10.1. The van der Waals surface area contributed by atoms with Gasteiger partial charge < -0.3 is 20.5 Å². The van der Waals surface area contributed by atoms with Crippen LogP contribution in [0.2, 0.25) is 0 Å². The third kappa shape index (κ3) is 2.61. The Kier molecular flexibility index (Phi) is 3.59. The predicted octanol–water partition coefficient (Wildman–Crippen LogP) is 1.92. The number of hydrogen-bond donors (Lipinski definition) is 2. The molecule has 0 aliphatic carbocycles. The fourth-order valence-electron chi connectivity index (χ4n) is 3.05. The molecule has 1 aromatic carbocycles. The standard InChI is InChI=1S/C16H22N4O/c1-19(2)12-4-3-7-20(10-12)16(21)14-9-18-15-6-5-11(17)8-13(14)15/h5-6,8-9,12,18H,3-4,7,10,17H2,1-2H3. The molecule has 1 aliphatic heterocycles. The van der Waals surface area contributed by atoms with Crippen molar-refractivity contribution in [2.24, 2.45) is 0 Å². The molecule has 2 heterocycles. The first-order valence-corrected chi connectivity index (χ1v) is 7.38. The first kappa shape index (κ1) is 13.9. The molecular weight excluding hydrogens is 264 g/mol. The second-order valence-electron chi connectivity index (χ2n) is 6.02. The molecule has 1 fully saturated rings. The molecule has 1 amide bonds. The Hall–Kier alpha value is -2.01. The molecule has 0 spiro atoms. The van der Waals surface area contributed by atoms with Crippen molar-refractivity contribution in [2.75, 3.05) is 32.9 Å². The number of nitrogens with two attached hydrogens (primary N) is 1. The van der Waals surface area contributed by atoms with Gasteiger partial charge in [-0.05, 0) is 45.1 Å². The number of aromatic nitrogens is 1. The minimum Gasteiger partial charge on any atom is -0.399 e. The number of piperidine rings is 1. The molecule has 1 unspecified atom stereocenters. The number of carbonyl (C=O) groups is 1. The summed E-state index contributed by atoms with van der Waals surface area (Å²) in [6.07, 6.45) is 4.00. The van der Waals surface area contributed by atoms with E-state index in [1.54, 1.807) is 6.20 Å². The number of benzene rings is 1. The van der Waals surface area contributed by atoms with Gasteiger partial charge in [0.1, 0.15) is 0 Å². The number of nitrogen functional groups attached to an aromatic ring is 1. The summed E-state index contributed by atoms with van der Waals surface area (Å²) in [5, 5.41) is 0.909. The Morgan fingerprint density at radius 2 is 2.24 bits per heavy atom. The zero-order valence-corrected chi connectivity index (χ0v) is 12.6. The maximum Gasteiger partial charge on any atom is 0.256 e. The topological polar surface area (TPSA) is 65.4 Å². The molecule has 3 rings (SSSR count). The van der Waals surface area contributed by atoms with Crippen LogP contribution in [0.3, 0.4) is 0 Å². The Morgan fingerprint density at radius 1 is 1.43 bits per heavy atom. The van der Waals surface area contributed by atoms with Gasteiger partial charge in [0.2, 0.25) is 0 Å². The molecule has 0 saturated carbocycles. The van der Waals surface area contributed by atoms with E-state index in [0.717, 1.165) is 42.4 Å². The van der Waals surface area contributed by atoms with Gasteiger partial charge in [-0.25, -0.2) is 0 Å². The maximum absolute atomic E-state index is 12.8. The number of rotatable bonds is 2. The van der Waals surface area contributed by atoms with Gasteiger partial charge >= 0.3 is 0 Å². The molecule has 2 aromatic rings. The van der Waals surface area contributed by atoms with E-state index < -0.39 is 0 Å². The number of fused-ring (bicyclic) bond motifs is 1. The molecule has 1 saturated heterocycles. The molecule has 0 bridgehead atoms. The number of likely N-dealkylation sites (tertiary alicyclic amines) is 1. The van der Waals surface area contributed by atoms with Gasteiger partial charge in [0, 0.05) is 41.9 Å². The normalized spacial score (nSPS) is 19.4. The second kappa shape index (κ2) is 5.41. The summed E-state index contributed by atoms with van der Waals surface area (Å²) in [4.78, 5) is 20.1. The number of hydrogen-bond acceptors (Lipinski definition) is 3. The third-order valence-corrected chi connectivity index (χ3v) is 4.35. The predicted molar refractivity (Wildman–Crippen MR) is 85.3 cm³/mol. The van der Waals surface area contributed by atoms with Gasteiger partial charge in [0.05, 0.1) is 5.56 Å². The highest BCUT2D eigenvalue weighted by atomic mass is 16.2. The molecule has 0 radical (unpaired) electrons. The van der Waals surface area contributed by atoms with Gasteiger partial charge in [-0.1, -0.05) is 0 Å². The van der Waals surface area contributed by atoms with E-state index in [-0.39, 0.29) is 5.91 Å². The van der Waals surface area contributed by atoms with Crippen LogP contribution < -0.4 is 5.73 Å². The summed E-state index contributed by atoms with van der Waals surface area (Å²) in [7, 11) is 4.15. The van der Waals surface area contributed by atoms with E-state index >= 15 is 0 Å². The van der Waals surface area contributed by atoms with Crippen LogP contribution in [-0.2, 0) is 0 Å². The van der Waals surface area contributed by atoms with E-state index in [0.29, 0.717) is 11.7 Å². The van der Waals surface area contributed by atoms with Crippen molar-refractivity contribution < 1.29 is 4.79 Å². The van der Waals surface area contributed by atoms with E-state index in [4.69, 9.17) is 5.73 Å². The molecular formula is C16H22N4O. The molecule has 1 aromatic heterocycles. The quantitative estimate of drug-likeness (QED) is 0.829. The molecule has 3 N–H and O–H groups in total. The lowest BCUT2D eigenvalue weighted by Crippen LogP contribution is -2.47. The van der Waals surface area contributed by atoms with Gasteiger partial charge in [0.15, 0.2) is 0 Å². The number of likely N-dealkylation sites (N-methyl/N-ethyl adjacent to an activating group) is 1. The average molecular weight is 286 g/mol. The lowest BCUT2D eigenvalue weighted by atomic mass is 10.0. The summed E-state index contributed by atoms with van der Waals surface area (Å²) in [6.45, 7) is 1.62. The SMILES string of the molecule is CN(C)C1CCCN(C(=O)c2c[nH]c3ccc(N)cc23)C1. The monoisotopic (exact) mass is 286 g/mol. The molecule has 5 nitrogen and oxygen atoms in total. The number of anilines is 1. The highest BCUT2D eigenvalue weighted by Gasteiger charge is 2.26. The van der Waals surface area contributed by atoms with Crippen molar-refractivity contribution >= 4 is 22.5 Å². The lowest BCUT2D eigenvalue weighted by molar-refractivity contribution is 0.0637. The number of carbonyl (C=O) groups excluding carboxylic acids is 1. The van der Waals surface area contributed by atoms with Crippen molar-refractivity contribution in [3.05, 3.63) is 30.0 Å². The van der Waals surface area contributed by atoms with Crippen molar-refractivity contribution in [2.45, 2.75) is 18.9 Å². The number of H-pyrrole nitrogens is 1. The fourth-order valence-corrected chi connectivity index (χ4v) is 3.05. The van der Waals surface area contributed by atoms with Crippen molar-refractivity contribution in [3.8, 4) is 0 Å². The molecule has 1 aliphatic rings. The van der Waals surface area contributed by atoms with E-state index in [2.05, 4.69) is 24.0 Å². The number of nitrogens with zero attached hydrogens (tertiary/aromatic N) is 2. The lowest BCUT2D eigenvalue weighted by Gasteiger charge is -2.36. The number of nitrogens with one attached hydrogen (secondary N) is 1. The van der Waals surface area contributed by atoms with Gasteiger partial charge in [0.25, 0.3) is 5.91 Å². The summed E-state index contributed by atoms with van der Waals surface area (Å²) in [6, 6.07) is 6.07. The maximum atomic E-state index is 12.8. The minimum atomic E-state index is 0.0957. The summed E-state index contributed by atoms with van der Waals surface area (Å²) >= 11 is 0. The molecule has 1 atom stereocenters. The largest absolute Gasteiger partial charge is 0.399 e. The third-order valence-electron chi connectivity index (χ3n) is 4.35. The summed E-state index contributed by atoms with van der Waals surface area (Å²) in [5.74, 6) is 0.0957. The zero-order chi connectivity index (χ0) is 15.0. The van der Waals surface area contributed by atoms with Crippen LogP contribution in [0.15, 0.2) is 24.4 Å². The van der Waals surface area contributed by atoms with Crippen LogP contribution in [0.25, 0.3) is 10.9 Å². The molecule has 21 heavy (non-hydrogen) atoms. The Labute approximate surface area is 124 Å². The van der Waals surface area contributed by atoms with Gasteiger partial charge in [-0.2, -0.15) is 0 Å². The smallest absolute Gasteiger partial charge is 0.256 e. The van der Waals surface area contributed by atoms with Crippen LogP contribution in [0.1, 0.15) is 23.2 Å². The fraction of sp³-hybridized carbons (Fsp3) is 0.438. The Morgan fingerprint density at radius 3 is 3.00 bits per heavy atom. The van der Waals surface area contributed by atoms with Crippen LogP contribution >= 0.6 is 0 Å². The average Bonchev–Trinajstić information content (AvgIpc) is 2.89. The highest BCUT2D eigenvalue weighted by molar-refractivity contribution is 6.07. The summed E-state index contributed by atoms with van der Waals surface area (Å²) < 4.78 is 0. The van der Waals surface area contributed by atoms with Gasteiger partial charge in [-0.3, -0.25) is 4.79 Å². The number of aromatic amines is 1. The first-order valence-electron chi connectivity index (χ1n) is 7.38. The highest BCUT2D eigenvalue weighted by Crippen LogP contribution is 2.24. The summed E-state index contributed by atoms with van der Waals surface area (Å²) in [5.41, 5.74) is 8.20. The molecule has 112 valence electrons. The number of amides is 1. The van der Waals surface area contributed by atoms with Crippen molar-refractivity contribution in [1.82, 2.24) is 14.8 Å². The minimum absolute atomic E-state index is 0.0957. The molecule has 5 heteroatoms.